The van der Waals surface area contributed by atoms with Crippen LogP contribution >= 0.6 is 0 Å². The quantitative estimate of drug-likeness (QED) is 0.151. The van der Waals surface area contributed by atoms with Crippen molar-refractivity contribution in [3.8, 4) is 44.5 Å². The van der Waals surface area contributed by atoms with Crippen molar-refractivity contribution in [3.05, 3.63) is 277 Å². The first-order valence-corrected chi connectivity index (χ1v) is 21.8. The maximum Gasteiger partial charge on any atom is 0.0725 e. The van der Waals surface area contributed by atoms with Gasteiger partial charge in [0.1, 0.15) is 0 Å². The van der Waals surface area contributed by atoms with Crippen LogP contribution in [-0.2, 0) is 5.41 Å². The van der Waals surface area contributed by atoms with Crippen molar-refractivity contribution in [2.45, 2.75) is 5.41 Å². The second-order valence-corrected chi connectivity index (χ2v) is 16.4. The Morgan fingerprint density at radius 3 is 1.24 bits per heavy atom. The summed E-state index contributed by atoms with van der Waals surface area (Å²) in [6.07, 6.45) is 0. The Balaban J connectivity index is 0.987. The molecule has 0 heterocycles. The van der Waals surface area contributed by atoms with E-state index in [9.17, 15) is 0 Å². The molecule has 0 aliphatic heterocycles. The minimum absolute atomic E-state index is 0.458. The highest BCUT2D eigenvalue weighted by molar-refractivity contribution is 6.01. The third-order valence-electron chi connectivity index (χ3n) is 13.0. The number of rotatable bonds is 8. The summed E-state index contributed by atoms with van der Waals surface area (Å²) in [5, 5.41) is 0. The number of anilines is 6. The van der Waals surface area contributed by atoms with Gasteiger partial charge in [-0.15, -0.1) is 0 Å². The van der Waals surface area contributed by atoms with Gasteiger partial charge >= 0.3 is 0 Å². The summed E-state index contributed by atoms with van der Waals surface area (Å²) in [7, 11) is 0. The molecule has 10 aromatic rings. The van der Waals surface area contributed by atoms with Crippen LogP contribution < -0.4 is 9.80 Å². The maximum atomic E-state index is 2.43. The SMILES string of the molecule is c1ccc(N(c2ccccc2)c2ccc(-c3ccc4c(c3)-c3ccccc3C43c4ccccc4-c4c(-c5cccc(N(c6ccccc6)c6ccccc6)c5)cccc43)cc2)cc1. The summed E-state index contributed by atoms with van der Waals surface area (Å²) in [5.41, 5.74) is 21.6. The fourth-order valence-corrected chi connectivity index (χ4v) is 10.4. The van der Waals surface area contributed by atoms with E-state index >= 15 is 0 Å². The van der Waals surface area contributed by atoms with Gasteiger partial charge in [0.25, 0.3) is 0 Å². The highest BCUT2D eigenvalue weighted by Crippen LogP contribution is 2.64. The van der Waals surface area contributed by atoms with Crippen molar-refractivity contribution < 1.29 is 0 Å². The van der Waals surface area contributed by atoms with Crippen LogP contribution in [0.4, 0.5) is 34.1 Å². The number of benzene rings is 10. The minimum Gasteiger partial charge on any atom is -0.311 e. The minimum atomic E-state index is -0.458. The lowest BCUT2D eigenvalue weighted by atomic mass is 9.70. The Hall–Kier alpha value is -8.20. The highest BCUT2D eigenvalue weighted by atomic mass is 15.1. The monoisotopic (exact) mass is 802 g/mol. The molecule has 0 radical (unpaired) electrons. The zero-order valence-corrected chi connectivity index (χ0v) is 34.6. The normalized spacial score (nSPS) is 14.1. The Labute approximate surface area is 369 Å². The molecule has 1 spiro atoms. The van der Waals surface area contributed by atoms with Crippen LogP contribution in [0.5, 0.6) is 0 Å². The summed E-state index contributed by atoms with van der Waals surface area (Å²) < 4.78 is 0. The summed E-state index contributed by atoms with van der Waals surface area (Å²) in [6, 6.07) is 93.0. The van der Waals surface area contributed by atoms with Crippen molar-refractivity contribution in [1.29, 1.82) is 0 Å². The van der Waals surface area contributed by atoms with Gasteiger partial charge < -0.3 is 9.80 Å². The average molecular weight is 803 g/mol. The lowest BCUT2D eigenvalue weighted by Gasteiger charge is -2.30. The Morgan fingerprint density at radius 1 is 0.222 bits per heavy atom. The number of fused-ring (bicyclic) bond motifs is 10. The van der Waals surface area contributed by atoms with Crippen LogP contribution in [0.2, 0.25) is 0 Å². The third kappa shape index (κ3) is 5.87. The molecule has 12 rings (SSSR count). The van der Waals surface area contributed by atoms with Gasteiger partial charge in [-0.3, -0.25) is 0 Å². The van der Waals surface area contributed by atoms with Gasteiger partial charge in [-0.25, -0.2) is 0 Å². The predicted octanol–water partition coefficient (Wildman–Crippen LogP) is 16.3. The molecule has 2 aliphatic rings. The van der Waals surface area contributed by atoms with Gasteiger partial charge in [0, 0.05) is 34.1 Å². The first-order chi connectivity index (χ1) is 31.3. The maximum absolute atomic E-state index is 2.43. The van der Waals surface area contributed by atoms with Gasteiger partial charge in [-0.2, -0.15) is 0 Å². The van der Waals surface area contributed by atoms with Crippen molar-refractivity contribution in [2.24, 2.45) is 0 Å². The topological polar surface area (TPSA) is 6.48 Å². The van der Waals surface area contributed by atoms with Crippen LogP contribution in [0, 0.1) is 0 Å². The zero-order chi connectivity index (χ0) is 41.7. The lowest BCUT2D eigenvalue weighted by Crippen LogP contribution is -2.25. The van der Waals surface area contributed by atoms with E-state index < -0.39 is 5.41 Å². The molecule has 0 saturated heterocycles. The molecule has 0 saturated carbocycles. The highest BCUT2D eigenvalue weighted by Gasteiger charge is 2.52. The Kier molecular flexibility index (Phi) is 8.76. The third-order valence-corrected chi connectivity index (χ3v) is 13.0. The molecule has 0 bridgehead atoms. The molecule has 2 heteroatoms. The molecule has 0 N–H and O–H groups in total. The van der Waals surface area contributed by atoms with E-state index in [1.165, 1.54) is 66.8 Å². The van der Waals surface area contributed by atoms with E-state index in [0.29, 0.717) is 0 Å². The van der Waals surface area contributed by atoms with Crippen molar-refractivity contribution >= 4 is 34.1 Å². The second-order valence-electron chi connectivity index (χ2n) is 16.4. The molecule has 1 atom stereocenters. The van der Waals surface area contributed by atoms with E-state index in [1.807, 2.05) is 0 Å². The van der Waals surface area contributed by atoms with E-state index in [-0.39, 0.29) is 0 Å². The predicted molar refractivity (Wildman–Crippen MR) is 263 cm³/mol. The molecular formula is C61H42N2. The van der Waals surface area contributed by atoms with Crippen LogP contribution in [0.1, 0.15) is 22.3 Å². The second kappa shape index (κ2) is 15.1. The van der Waals surface area contributed by atoms with Crippen molar-refractivity contribution in [2.75, 3.05) is 9.80 Å². The van der Waals surface area contributed by atoms with E-state index in [2.05, 4.69) is 265 Å². The number of nitrogens with zero attached hydrogens (tertiary/aromatic N) is 2. The standard InChI is InChI=1S/C61H42N2/c1-5-20-46(21-6-1)62(47-22-7-2-8-23-47)50-38-35-43(36-39-50)44-37-40-58-55(42-44)53-29-13-15-32-56(53)61(58)57-33-16-14-30-54(57)60-52(31-18-34-59(60)61)45-19-17-28-51(41-45)63(48-24-9-3-10-25-48)49-26-11-4-12-27-49/h1-42H. The number of hydrogen-bond acceptors (Lipinski definition) is 2. The van der Waals surface area contributed by atoms with E-state index in [4.69, 9.17) is 0 Å². The molecular weight excluding hydrogens is 761 g/mol. The molecule has 0 fully saturated rings. The number of hydrogen-bond donors (Lipinski definition) is 0. The zero-order valence-electron chi connectivity index (χ0n) is 34.6. The molecule has 1 unspecified atom stereocenters. The number of para-hydroxylation sites is 4. The van der Waals surface area contributed by atoms with Gasteiger partial charge in [0.2, 0.25) is 0 Å². The fraction of sp³-hybridized carbons (Fsp3) is 0.0164. The first-order valence-electron chi connectivity index (χ1n) is 21.8. The molecule has 0 aromatic heterocycles. The summed E-state index contributed by atoms with van der Waals surface area (Å²) in [5.74, 6) is 0. The van der Waals surface area contributed by atoms with Crippen LogP contribution in [-0.4, -0.2) is 0 Å². The Morgan fingerprint density at radius 2 is 0.635 bits per heavy atom. The molecule has 2 aliphatic carbocycles. The smallest absolute Gasteiger partial charge is 0.0725 e. The summed E-state index contributed by atoms with van der Waals surface area (Å²) in [4.78, 5) is 4.66. The van der Waals surface area contributed by atoms with E-state index in [0.717, 1.165) is 34.1 Å². The molecule has 0 amide bonds. The summed E-state index contributed by atoms with van der Waals surface area (Å²) >= 11 is 0. The average Bonchev–Trinajstić information content (AvgIpc) is 3.83. The van der Waals surface area contributed by atoms with Gasteiger partial charge in [0.15, 0.2) is 0 Å². The Bertz CT molecular complexity index is 3190. The molecule has 296 valence electrons. The summed E-state index contributed by atoms with van der Waals surface area (Å²) in [6.45, 7) is 0. The van der Waals surface area contributed by atoms with Crippen molar-refractivity contribution in [1.82, 2.24) is 0 Å². The van der Waals surface area contributed by atoms with Crippen molar-refractivity contribution in [3.63, 3.8) is 0 Å². The molecule has 63 heavy (non-hydrogen) atoms. The lowest BCUT2D eigenvalue weighted by molar-refractivity contribution is 0.794. The fourth-order valence-electron chi connectivity index (χ4n) is 10.4. The molecule has 2 nitrogen and oxygen atoms in total. The van der Waals surface area contributed by atoms with Crippen LogP contribution in [0.3, 0.4) is 0 Å². The molecule has 10 aromatic carbocycles. The van der Waals surface area contributed by atoms with Gasteiger partial charge in [0.05, 0.1) is 5.41 Å². The first kappa shape index (κ1) is 36.6. The largest absolute Gasteiger partial charge is 0.311 e. The van der Waals surface area contributed by atoms with Crippen LogP contribution in [0.15, 0.2) is 255 Å². The van der Waals surface area contributed by atoms with Gasteiger partial charge in [-0.1, -0.05) is 176 Å². The van der Waals surface area contributed by atoms with E-state index in [1.54, 1.807) is 0 Å². The van der Waals surface area contributed by atoms with Gasteiger partial charge in [-0.05, 0) is 146 Å². The van der Waals surface area contributed by atoms with Crippen LogP contribution in [0.25, 0.3) is 44.5 Å².